The molecular formula is C22H24O6. The van der Waals surface area contributed by atoms with Gasteiger partial charge in [0, 0.05) is 5.56 Å². The van der Waals surface area contributed by atoms with Crippen LogP contribution in [0.5, 0.6) is 23.0 Å². The van der Waals surface area contributed by atoms with Crippen LogP contribution in [0.4, 0.5) is 0 Å². The fraction of sp³-hybridized carbons (Fsp3) is 0.318. The van der Waals surface area contributed by atoms with Crippen molar-refractivity contribution in [2.45, 2.75) is 13.3 Å². The molecule has 0 aromatic heterocycles. The van der Waals surface area contributed by atoms with Crippen molar-refractivity contribution in [1.29, 1.82) is 0 Å². The van der Waals surface area contributed by atoms with E-state index < -0.39 is 0 Å². The van der Waals surface area contributed by atoms with Gasteiger partial charge in [0.1, 0.15) is 0 Å². The maximum absolute atomic E-state index is 12.7. The third kappa shape index (κ3) is 3.38. The van der Waals surface area contributed by atoms with Crippen molar-refractivity contribution in [2.24, 2.45) is 0 Å². The molecule has 0 saturated carbocycles. The highest BCUT2D eigenvalue weighted by Crippen LogP contribution is 2.45. The van der Waals surface area contributed by atoms with E-state index in [2.05, 4.69) is 0 Å². The van der Waals surface area contributed by atoms with Crippen molar-refractivity contribution in [1.82, 2.24) is 0 Å². The Morgan fingerprint density at radius 3 is 1.82 bits per heavy atom. The summed E-state index contributed by atoms with van der Waals surface area (Å²) >= 11 is 0. The van der Waals surface area contributed by atoms with E-state index in [0.717, 1.165) is 22.3 Å². The van der Waals surface area contributed by atoms with Crippen molar-refractivity contribution in [3.05, 3.63) is 41.5 Å². The first-order valence-corrected chi connectivity index (χ1v) is 8.96. The third-order valence-corrected chi connectivity index (χ3v) is 4.73. The van der Waals surface area contributed by atoms with Crippen LogP contribution in [-0.4, -0.2) is 41.0 Å². The first-order chi connectivity index (χ1) is 13.6. The number of esters is 1. The number of allylic oxidation sites excluding steroid dienone is 1. The Balaban J connectivity index is 2.31. The molecule has 0 bridgehead atoms. The average Bonchev–Trinajstić information content (AvgIpc) is 2.87. The molecule has 0 N–H and O–H groups in total. The van der Waals surface area contributed by atoms with Gasteiger partial charge in [-0.25, -0.2) is 4.79 Å². The normalized spacial score (nSPS) is 12.1. The molecule has 0 spiro atoms. The highest BCUT2D eigenvalue weighted by Gasteiger charge is 2.26. The summed E-state index contributed by atoms with van der Waals surface area (Å²) in [6.07, 6.45) is 2.42. The van der Waals surface area contributed by atoms with Gasteiger partial charge in [-0.15, -0.1) is 0 Å². The standard InChI is InChI=1S/C22H24O6/c1-6-28-22(23)14-8-7-13-9-18(24-2)19(25-3)10-15(13)17-12-21(27-5)20(26-4)11-16(14)17/h8-12H,6-7H2,1-5H3. The summed E-state index contributed by atoms with van der Waals surface area (Å²) in [5, 5.41) is 0. The van der Waals surface area contributed by atoms with Gasteiger partial charge in [0.05, 0.1) is 40.6 Å². The molecule has 2 aromatic carbocycles. The number of methoxy groups -OCH3 is 4. The molecule has 28 heavy (non-hydrogen) atoms. The highest BCUT2D eigenvalue weighted by molar-refractivity contribution is 6.19. The highest BCUT2D eigenvalue weighted by atomic mass is 16.5. The molecular weight excluding hydrogens is 360 g/mol. The van der Waals surface area contributed by atoms with E-state index in [9.17, 15) is 4.79 Å². The lowest BCUT2D eigenvalue weighted by molar-refractivity contribution is -0.136. The topological polar surface area (TPSA) is 63.2 Å². The minimum absolute atomic E-state index is 0.299. The van der Waals surface area contributed by atoms with E-state index in [-0.39, 0.29) is 5.97 Å². The Morgan fingerprint density at radius 2 is 1.29 bits per heavy atom. The van der Waals surface area contributed by atoms with Crippen molar-refractivity contribution < 1.29 is 28.5 Å². The third-order valence-electron chi connectivity index (χ3n) is 4.73. The predicted octanol–water partition coefficient (Wildman–Crippen LogP) is 3.89. The summed E-state index contributed by atoms with van der Waals surface area (Å²) in [4.78, 5) is 12.7. The van der Waals surface area contributed by atoms with E-state index in [0.29, 0.717) is 41.6 Å². The fourth-order valence-electron chi connectivity index (χ4n) is 3.39. The molecule has 2 aromatic rings. The summed E-state index contributed by atoms with van der Waals surface area (Å²) in [6, 6.07) is 7.53. The van der Waals surface area contributed by atoms with E-state index in [4.69, 9.17) is 23.7 Å². The zero-order valence-electron chi connectivity index (χ0n) is 16.8. The Kier molecular flexibility index (Phi) is 5.78. The van der Waals surface area contributed by atoms with Crippen LogP contribution in [0, 0.1) is 0 Å². The fourth-order valence-corrected chi connectivity index (χ4v) is 3.39. The second-order valence-corrected chi connectivity index (χ2v) is 6.16. The lowest BCUT2D eigenvalue weighted by Gasteiger charge is -2.18. The van der Waals surface area contributed by atoms with E-state index >= 15 is 0 Å². The van der Waals surface area contributed by atoms with E-state index in [1.165, 1.54) is 0 Å². The van der Waals surface area contributed by atoms with Gasteiger partial charge in [-0.05, 0) is 54.3 Å². The summed E-state index contributed by atoms with van der Waals surface area (Å²) in [6.45, 7) is 2.09. The molecule has 6 nitrogen and oxygen atoms in total. The smallest absolute Gasteiger partial charge is 0.338 e. The average molecular weight is 384 g/mol. The van der Waals surface area contributed by atoms with Crippen LogP contribution >= 0.6 is 0 Å². The minimum Gasteiger partial charge on any atom is -0.493 e. The number of benzene rings is 2. The van der Waals surface area contributed by atoms with Gasteiger partial charge in [-0.1, -0.05) is 6.08 Å². The molecule has 0 fully saturated rings. The van der Waals surface area contributed by atoms with Gasteiger partial charge in [0.15, 0.2) is 23.0 Å². The molecule has 0 atom stereocenters. The molecule has 0 radical (unpaired) electrons. The lowest BCUT2D eigenvalue weighted by Crippen LogP contribution is -2.08. The minimum atomic E-state index is -0.372. The van der Waals surface area contributed by atoms with Gasteiger partial charge >= 0.3 is 5.97 Å². The van der Waals surface area contributed by atoms with E-state index in [1.807, 2.05) is 30.3 Å². The van der Waals surface area contributed by atoms with Gasteiger partial charge in [-0.2, -0.15) is 0 Å². The first kappa shape index (κ1) is 19.6. The summed E-state index contributed by atoms with van der Waals surface area (Å²) in [5.41, 5.74) is 3.99. The summed E-state index contributed by atoms with van der Waals surface area (Å²) in [5.74, 6) is 1.99. The quantitative estimate of drug-likeness (QED) is 0.704. The molecule has 0 amide bonds. The predicted molar refractivity (Wildman–Crippen MR) is 106 cm³/mol. The number of carbonyl (C=O) groups is 1. The molecule has 0 heterocycles. The van der Waals surface area contributed by atoms with Gasteiger partial charge in [0.25, 0.3) is 0 Å². The second kappa shape index (κ2) is 8.25. The molecule has 1 aliphatic carbocycles. The number of rotatable bonds is 6. The largest absolute Gasteiger partial charge is 0.493 e. The summed E-state index contributed by atoms with van der Waals surface area (Å²) in [7, 11) is 6.34. The van der Waals surface area contributed by atoms with Crippen LogP contribution in [0.15, 0.2) is 30.3 Å². The number of fused-ring (bicyclic) bond motifs is 3. The molecule has 3 rings (SSSR count). The van der Waals surface area contributed by atoms with Crippen molar-refractivity contribution >= 4 is 11.5 Å². The van der Waals surface area contributed by atoms with Crippen LogP contribution < -0.4 is 18.9 Å². The van der Waals surface area contributed by atoms with Crippen molar-refractivity contribution in [3.8, 4) is 34.1 Å². The Morgan fingerprint density at radius 1 is 0.786 bits per heavy atom. The Bertz CT molecular complexity index is 929. The number of carbonyl (C=O) groups excluding carboxylic acids is 1. The first-order valence-electron chi connectivity index (χ1n) is 8.96. The van der Waals surface area contributed by atoms with Gasteiger partial charge in [-0.3, -0.25) is 0 Å². The van der Waals surface area contributed by atoms with Gasteiger partial charge in [0.2, 0.25) is 0 Å². The maximum Gasteiger partial charge on any atom is 0.338 e. The van der Waals surface area contributed by atoms with E-state index in [1.54, 1.807) is 35.4 Å². The molecule has 0 saturated heterocycles. The van der Waals surface area contributed by atoms with Crippen molar-refractivity contribution in [3.63, 3.8) is 0 Å². The summed E-state index contributed by atoms with van der Waals surface area (Å²) < 4.78 is 27.1. The van der Waals surface area contributed by atoms with Crippen LogP contribution in [0.25, 0.3) is 16.7 Å². The molecule has 1 aliphatic rings. The zero-order chi connectivity index (χ0) is 20.3. The van der Waals surface area contributed by atoms with Gasteiger partial charge < -0.3 is 23.7 Å². The van der Waals surface area contributed by atoms with Crippen LogP contribution in [-0.2, 0) is 16.0 Å². The molecule has 6 heteroatoms. The van der Waals surface area contributed by atoms with Crippen LogP contribution in [0.1, 0.15) is 18.1 Å². The molecule has 0 aliphatic heterocycles. The Labute approximate surface area is 164 Å². The second-order valence-electron chi connectivity index (χ2n) is 6.16. The van der Waals surface area contributed by atoms with Crippen molar-refractivity contribution in [2.75, 3.05) is 35.0 Å². The molecule has 148 valence electrons. The van der Waals surface area contributed by atoms with Crippen LogP contribution in [0.3, 0.4) is 0 Å². The molecule has 0 unspecified atom stereocenters. The number of ether oxygens (including phenoxy) is 5. The number of hydrogen-bond donors (Lipinski definition) is 0. The SMILES string of the molecule is CCOC(=O)C1=CCc2cc(OC)c(OC)cc2-c2cc(OC)c(OC)cc21. The number of hydrogen-bond acceptors (Lipinski definition) is 6. The zero-order valence-corrected chi connectivity index (χ0v) is 16.8. The van der Waals surface area contributed by atoms with Crippen LogP contribution in [0.2, 0.25) is 0 Å². The Hall–Kier alpha value is -3.15. The monoisotopic (exact) mass is 384 g/mol. The maximum atomic E-state index is 12.7. The lowest BCUT2D eigenvalue weighted by atomic mass is 9.93.